The van der Waals surface area contributed by atoms with Gasteiger partial charge in [-0.05, 0) is 36.3 Å². The first kappa shape index (κ1) is 22.5. The van der Waals surface area contributed by atoms with Crippen molar-refractivity contribution in [1.29, 1.82) is 0 Å². The third kappa shape index (κ3) is 4.54. The van der Waals surface area contributed by atoms with Crippen LogP contribution in [0.1, 0.15) is 52.8 Å². The number of nitrogens with zero attached hydrogens (tertiary/aromatic N) is 3. The number of benzene rings is 2. The lowest BCUT2D eigenvalue weighted by Gasteiger charge is -2.34. The monoisotopic (exact) mass is 468 g/mol. The van der Waals surface area contributed by atoms with Gasteiger partial charge in [-0.1, -0.05) is 60.7 Å². The number of carbonyl (C=O) groups excluding carboxylic acids is 1. The van der Waals surface area contributed by atoms with Gasteiger partial charge in [0, 0.05) is 19.5 Å². The standard InChI is InChI=1S/C26H27F3N4O/c27-26(28,29)23-15-22(20-9-5-2-6-10-20)31-24-21(16-30-33(23)24)25(34)32-14-13-19(17-32)12-11-18-7-3-1-4-8-18/h1-10,16,19,22-23,31H,11-15,17H2/t19?,22-,23+/m1/s1. The van der Waals surface area contributed by atoms with Gasteiger partial charge in [-0.2, -0.15) is 18.3 Å². The van der Waals surface area contributed by atoms with Crippen LogP contribution in [0.4, 0.5) is 19.0 Å². The lowest BCUT2D eigenvalue weighted by molar-refractivity contribution is -0.173. The number of carbonyl (C=O) groups is 1. The fraction of sp³-hybridized carbons (Fsp3) is 0.385. The minimum Gasteiger partial charge on any atom is -0.363 e. The van der Waals surface area contributed by atoms with Gasteiger partial charge in [0.25, 0.3) is 5.91 Å². The Hall–Kier alpha value is -3.29. The number of hydrogen-bond donors (Lipinski definition) is 1. The maximum atomic E-state index is 13.9. The van der Waals surface area contributed by atoms with Crippen LogP contribution in [0.3, 0.4) is 0 Å². The summed E-state index contributed by atoms with van der Waals surface area (Å²) in [6.45, 7) is 1.22. The van der Waals surface area contributed by atoms with Crippen LogP contribution in [0.2, 0.25) is 0 Å². The second-order valence-electron chi connectivity index (χ2n) is 9.18. The number of hydrogen-bond acceptors (Lipinski definition) is 3. The van der Waals surface area contributed by atoms with Crippen LogP contribution in [-0.2, 0) is 6.42 Å². The van der Waals surface area contributed by atoms with Gasteiger partial charge in [0.1, 0.15) is 11.4 Å². The second-order valence-corrected chi connectivity index (χ2v) is 9.18. The molecule has 3 heterocycles. The molecule has 1 fully saturated rings. The number of fused-ring (bicyclic) bond motifs is 1. The Labute approximate surface area is 196 Å². The summed E-state index contributed by atoms with van der Waals surface area (Å²) in [5, 5.41) is 7.19. The number of amides is 1. The molecule has 34 heavy (non-hydrogen) atoms. The molecule has 1 amide bonds. The minimum atomic E-state index is -4.47. The molecule has 1 N–H and O–H groups in total. The summed E-state index contributed by atoms with van der Waals surface area (Å²) in [6.07, 6.45) is -0.538. The number of likely N-dealkylation sites (tertiary alicyclic amines) is 1. The zero-order chi connectivity index (χ0) is 23.7. The minimum absolute atomic E-state index is 0.153. The van der Waals surface area contributed by atoms with Crippen molar-refractivity contribution < 1.29 is 18.0 Å². The quantitative estimate of drug-likeness (QED) is 0.527. The Morgan fingerprint density at radius 3 is 2.47 bits per heavy atom. The summed E-state index contributed by atoms with van der Waals surface area (Å²) < 4.78 is 42.7. The Kier molecular flexibility index (Phi) is 6.06. The summed E-state index contributed by atoms with van der Waals surface area (Å²) in [4.78, 5) is 15.1. The molecule has 1 unspecified atom stereocenters. The molecule has 0 aliphatic carbocycles. The summed E-state index contributed by atoms with van der Waals surface area (Å²) in [6, 6.07) is 16.9. The Balaban J connectivity index is 1.33. The highest BCUT2D eigenvalue weighted by Gasteiger charge is 2.47. The highest BCUT2D eigenvalue weighted by molar-refractivity contribution is 5.99. The van der Waals surface area contributed by atoms with Crippen LogP contribution in [0.15, 0.2) is 66.9 Å². The predicted molar refractivity (Wildman–Crippen MR) is 124 cm³/mol. The number of anilines is 1. The van der Waals surface area contributed by atoms with Crippen LogP contribution in [0.25, 0.3) is 0 Å². The molecule has 5 nitrogen and oxygen atoms in total. The van der Waals surface area contributed by atoms with Gasteiger partial charge in [-0.3, -0.25) is 4.79 Å². The van der Waals surface area contributed by atoms with Crippen LogP contribution < -0.4 is 5.32 Å². The van der Waals surface area contributed by atoms with E-state index < -0.39 is 18.3 Å². The van der Waals surface area contributed by atoms with Crippen molar-refractivity contribution in [3.8, 4) is 0 Å². The van der Waals surface area contributed by atoms with Gasteiger partial charge >= 0.3 is 6.18 Å². The lowest BCUT2D eigenvalue weighted by atomic mass is 9.96. The van der Waals surface area contributed by atoms with Gasteiger partial charge in [0.2, 0.25) is 0 Å². The molecular weight excluding hydrogens is 441 g/mol. The summed E-state index contributed by atoms with van der Waals surface area (Å²) in [5.74, 6) is 0.272. The smallest absolute Gasteiger partial charge is 0.363 e. The molecule has 0 spiro atoms. The summed E-state index contributed by atoms with van der Waals surface area (Å²) in [7, 11) is 0. The molecule has 8 heteroatoms. The first-order valence-corrected chi connectivity index (χ1v) is 11.7. The van der Waals surface area contributed by atoms with Crippen LogP contribution in [0, 0.1) is 5.92 Å². The van der Waals surface area contributed by atoms with Crippen molar-refractivity contribution in [3.63, 3.8) is 0 Å². The van der Waals surface area contributed by atoms with E-state index in [1.807, 2.05) is 24.3 Å². The SMILES string of the molecule is O=C(c1cnn2c1N[C@@H](c1ccccc1)C[C@H]2C(F)(F)F)N1CCC(CCc2ccccc2)C1. The van der Waals surface area contributed by atoms with E-state index in [9.17, 15) is 18.0 Å². The highest BCUT2D eigenvalue weighted by Crippen LogP contribution is 2.44. The lowest BCUT2D eigenvalue weighted by Crippen LogP contribution is -2.37. The third-order valence-corrected chi connectivity index (χ3v) is 6.93. The van der Waals surface area contributed by atoms with Gasteiger partial charge in [0.05, 0.1) is 12.2 Å². The summed E-state index contributed by atoms with van der Waals surface area (Å²) in [5.41, 5.74) is 2.23. The average Bonchev–Trinajstić information content (AvgIpc) is 3.50. The molecule has 2 aromatic carbocycles. The fourth-order valence-electron chi connectivity index (χ4n) is 5.06. The molecule has 1 aromatic heterocycles. The maximum Gasteiger partial charge on any atom is 0.410 e. The Morgan fingerprint density at radius 2 is 1.76 bits per heavy atom. The second kappa shape index (κ2) is 9.16. The van der Waals surface area contributed by atoms with Crippen LogP contribution >= 0.6 is 0 Å². The van der Waals surface area contributed by atoms with Crippen LogP contribution in [0.5, 0.6) is 0 Å². The molecule has 1 saturated heterocycles. The Bertz CT molecular complexity index is 1130. The zero-order valence-corrected chi connectivity index (χ0v) is 18.7. The largest absolute Gasteiger partial charge is 0.410 e. The molecule has 5 rings (SSSR count). The first-order valence-electron chi connectivity index (χ1n) is 11.7. The molecule has 2 aliphatic heterocycles. The van der Waals surface area contributed by atoms with E-state index in [0.717, 1.165) is 29.5 Å². The van der Waals surface area contributed by atoms with E-state index in [1.54, 1.807) is 29.2 Å². The summed E-state index contributed by atoms with van der Waals surface area (Å²) >= 11 is 0. The van der Waals surface area contributed by atoms with Crippen molar-refractivity contribution >= 4 is 11.7 Å². The van der Waals surface area contributed by atoms with E-state index in [1.165, 1.54) is 11.8 Å². The van der Waals surface area contributed by atoms with E-state index in [4.69, 9.17) is 0 Å². The molecule has 3 aromatic rings. The number of rotatable bonds is 5. The van der Waals surface area contributed by atoms with Gasteiger partial charge in [-0.15, -0.1) is 0 Å². The highest BCUT2D eigenvalue weighted by atomic mass is 19.4. The van der Waals surface area contributed by atoms with Gasteiger partial charge in [-0.25, -0.2) is 4.68 Å². The van der Waals surface area contributed by atoms with Crippen molar-refractivity contribution in [1.82, 2.24) is 14.7 Å². The molecular formula is C26H27F3N4O. The predicted octanol–water partition coefficient (Wildman–Crippen LogP) is 5.64. The number of halogens is 3. The molecule has 0 radical (unpaired) electrons. The maximum absolute atomic E-state index is 13.9. The number of alkyl halides is 3. The third-order valence-electron chi connectivity index (χ3n) is 6.93. The fourth-order valence-corrected chi connectivity index (χ4v) is 5.06. The van der Waals surface area contributed by atoms with E-state index in [0.29, 0.717) is 19.0 Å². The number of nitrogens with one attached hydrogen (secondary N) is 1. The van der Waals surface area contributed by atoms with E-state index in [2.05, 4.69) is 22.5 Å². The van der Waals surface area contributed by atoms with Crippen molar-refractivity contribution in [2.45, 2.75) is 43.9 Å². The molecule has 2 aliphatic rings. The zero-order valence-electron chi connectivity index (χ0n) is 18.7. The molecule has 178 valence electrons. The molecule has 3 atom stereocenters. The average molecular weight is 469 g/mol. The Morgan fingerprint density at radius 1 is 1.06 bits per heavy atom. The topological polar surface area (TPSA) is 50.2 Å². The number of aryl methyl sites for hydroxylation is 1. The first-order chi connectivity index (χ1) is 16.4. The van der Waals surface area contributed by atoms with Crippen LogP contribution in [-0.4, -0.2) is 39.9 Å². The molecule has 0 saturated carbocycles. The number of aromatic nitrogens is 2. The van der Waals surface area contributed by atoms with Gasteiger partial charge in [0.15, 0.2) is 6.04 Å². The van der Waals surface area contributed by atoms with Crippen molar-refractivity contribution in [2.75, 3.05) is 18.4 Å². The van der Waals surface area contributed by atoms with E-state index in [-0.39, 0.29) is 23.7 Å². The molecule has 0 bridgehead atoms. The van der Waals surface area contributed by atoms with E-state index >= 15 is 0 Å². The van der Waals surface area contributed by atoms with Crippen molar-refractivity contribution in [2.24, 2.45) is 5.92 Å². The normalized spacial score (nSPS) is 22.3. The van der Waals surface area contributed by atoms with Crippen molar-refractivity contribution in [3.05, 3.63) is 83.6 Å². The van der Waals surface area contributed by atoms with Gasteiger partial charge < -0.3 is 10.2 Å².